The topological polar surface area (TPSA) is 84.6 Å². The van der Waals surface area contributed by atoms with E-state index in [1.165, 1.54) is 0 Å². The minimum Gasteiger partial charge on any atom is -0.361 e. The van der Waals surface area contributed by atoms with Gasteiger partial charge in [0.15, 0.2) is 0 Å². The van der Waals surface area contributed by atoms with Gasteiger partial charge in [0.1, 0.15) is 0 Å². The minimum absolute atomic E-state index is 0.746. The summed E-state index contributed by atoms with van der Waals surface area (Å²) in [5, 5.41) is 3.70. The summed E-state index contributed by atoms with van der Waals surface area (Å²) >= 11 is 0. The molecule has 68 valence electrons. The van der Waals surface area contributed by atoms with Crippen LogP contribution < -0.4 is 11.2 Å². The SMILES string of the molecule is CCC(CC)=NNC(=O)C(N)=O. The Balaban J connectivity index is 4.02. The summed E-state index contributed by atoms with van der Waals surface area (Å²) in [7, 11) is 0. The Labute approximate surface area is 71.0 Å². The second-order valence-electron chi connectivity index (χ2n) is 2.19. The fraction of sp³-hybridized carbons (Fsp3) is 0.571. The van der Waals surface area contributed by atoms with Crippen molar-refractivity contribution in [3.05, 3.63) is 0 Å². The maximum Gasteiger partial charge on any atom is 0.329 e. The Morgan fingerprint density at radius 2 is 1.83 bits per heavy atom. The smallest absolute Gasteiger partial charge is 0.329 e. The first kappa shape index (κ1) is 10.6. The molecule has 0 atom stereocenters. The quantitative estimate of drug-likeness (QED) is 0.349. The summed E-state index contributed by atoms with van der Waals surface area (Å²) in [6.07, 6.45) is 1.49. The normalized spacial score (nSPS) is 8.83. The van der Waals surface area contributed by atoms with Crippen LogP contribution in [-0.4, -0.2) is 17.5 Å². The summed E-state index contributed by atoms with van der Waals surface area (Å²) < 4.78 is 0. The lowest BCUT2D eigenvalue weighted by Crippen LogP contribution is -2.33. The summed E-state index contributed by atoms with van der Waals surface area (Å²) in [5.41, 5.74) is 7.57. The molecule has 5 nitrogen and oxygen atoms in total. The molecule has 0 saturated heterocycles. The number of nitrogens with two attached hydrogens (primary N) is 1. The monoisotopic (exact) mass is 171 g/mol. The number of nitrogens with one attached hydrogen (secondary N) is 1. The van der Waals surface area contributed by atoms with Crippen LogP contribution in [0.1, 0.15) is 26.7 Å². The molecule has 0 rings (SSSR count). The second-order valence-corrected chi connectivity index (χ2v) is 2.19. The van der Waals surface area contributed by atoms with Gasteiger partial charge in [-0.1, -0.05) is 13.8 Å². The average Bonchev–Trinajstić information content (AvgIpc) is 2.05. The maximum atomic E-state index is 10.6. The second kappa shape index (κ2) is 5.29. The molecule has 0 unspecified atom stereocenters. The van der Waals surface area contributed by atoms with Crippen molar-refractivity contribution in [2.75, 3.05) is 0 Å². The van der Waals surface area contributed by atoms with Crippen molar-refractivity contribution in [1.82, 2.24) is 5.43 Å². The standard InChI is InChI=1S/C7H13N3O2/c1-3-5(4-2)9-10-7(12)6(8)11/h3-4H2,1-2H3,(H2,8,11)(H,10,12). The van der Waals surface area contributed by atoms with E-state index in [-0.39, 0.29) is 0 Å². The van der Waals surface area contributed by atoms with Crippen molar-refractivity contribution in [2.24, 2.45) is 10.8 Å². The molecule has 0 heterocycles. The molecule has 5 heteroatoms. The van der Waals surface area contributed by atoms with Gasteiger partial charge in [-0.2, -0.15) is 5.10 Å². The van der Waals surface area contributed by atoms with Crippen LogP contribution in [0.15, 0.2) is 5.10 Å². The lowest BCUT2D eigenvalue weighted by atomic mass is 10.2. The number of carbonyl (C=O) groups excluding carboxylic acids is 2. The molecule has 0 aromatic heterocycles. The molecule has 0 aliphatic carbocycles. The van der Waals surface area contributed by atoms with Gasteiger partial charge in [-0.25, -0.2) is 5.43 Å². The molecule has 2 amide bonds. The predicted octanol–water partition coefficient (Wildman–Crippen LogP) is -0.236. The van der Waals surface area contributed by atoms with Gasteiger partial charge < -0.3 is 5.73 Å². The number of hydrazone groups is 1. The lowest BCUT2D eigenvalue weighted by Gasteiger charge is -1.98. The highest BCUT2D eigenvalue weighted by Gasteiger charge is 2.06. The van der Waals surface area contributed by atoms with Crippen molar-refractivity contribution in [3.8, 4) is 0 Å². The van der Waals surface area contributed by atoms with Crippen molar-refractivity contribution in [1.29, 1.82) is 0 Å². The van der Waals surface area contributed by atoms with Gasteiger partial charge in [0.05, 0.1) is 0 Å². The zero-order valence-corrected chi connectivity index (χ0v) is 7.26. The molecule has 0 spiro atoms. The molecule has 0 saturated carbocycles. The number of amides is 2. The first-order chi connectivity index (χ1) is 5.61. The lowest BCUT2D eigenvalue weighted by molar-refractivity contribution is -0.137. The van der Waals surface area contributed by atoms with Crippen LogP contribution in [-0.2, 0) is 9.59 Å². The van der Waals surface area contributed by atoms with E-state index >= 15 is 0 Å². The predicted molar refractivity (Wildman–Crippen MR) is 45.4 cm³/mol. The van der Waals surface area contributed by atoms with E-state index in [9.17, 15) is 9.59 Å². The van der Waals surface area contributed by atoms with E-state index in [4.69, 9.17) is 0 Å². The van der Waals surface area contributed by atoms with Crippen LogP contribution in [0, 0.1) is 0 Å². The average molecular weight is 171 g/mol. The Bertz CT molecular complexity index is 205. The number of hydrogen-bond donors (Lipinski definition) is 2. The highest BCUT2D eigenvalue weighted by atomic mass is 16.2. The minimum atomic E-state index is -1.02. The van der Waals surface area contributed by atoms with Gasteiger partial charge in [-0.3, -0.25) is 9.59 Å². The summed E-state index contributed by atoms with van der Waals surface area (Å²) in [6, 6.07) is 0. The van der Waals surface area contributed by atoms with Crippen LogP contribution in [0.25, 0.3) is 0 Å². The van der Waals surface area contributed by atoms with Crippen molar-refractivity contribution < 1.29 is 9.59 Å². The van der Waals surface area contributed by atoms with Crippen molar-refractivity contribution in [2.45, 2.75) is 26.7 Å². The fourth-order valence-electron chi connectivity index (χ4n) is 0.593. The molecular formula is C7H13N3O2. The van der Waals surface area contributed by atoms with E-state index < -0.39 is 11.8 Å². The highest BCUT2D eigenvalue weighted by Crippen LogP contribution is 1.89. The maximum absolute atomic E-state index is 10.6. The number of hydrogen-bond acceptors (Lipinski definition) is 3. The van der Waals surface area contributed by atoms with E-state index in [0.29, 0.717) is 0 Å². The van der Waals surface area contributed by atoms with Crippen molar-refractivity contribution >= 4 is 17.5 Å². The van der Waals surface area contributed by atoms with Gasteiger partial charge in [0.2, 0.25) is 0 Å². The summed E-state index contributed by atoms with van der Waals surface area (Å²) in [6.45, 7) is 3.83. The highest BCUT2D eigenvalue weighted by molar-refractivity contribution is 6.34. The van der Waals surface area contributed by atoms with Crippen LogP contribution >= 0.6 is 0 Å². The van der Waals surface area contributed by atoms with Crippen LogP contribution in [0.5, 0.6) is 0 Å². The van der Waals surface area contributed by atoms with Gasteiger partial charge in [0.25, 0.3) is 0 Å². The Hall–Kier alpha value is -1.39. The van der Waals surface area contributed by atoms with E-state index in [0.717, 1.165) is 18.6 Å². The Morgan fingerprint density at radius 3 is 2.17 bits per heavy atom. The van der Waals surface area contributed by atoms with E-state index in [2.05, 4.69) is 16.3 Å². The van der Waals surface area contributed by atoms with Gasteiger partial charge in [-0.05, 0) is 12.8 Å². The molecule has 0 bridgehead atoms. The van der Waals surface area contributed by atoms with Crippen molar-refractivity contribution in [3.63, 3.8) is 0 Å². The molecule has 0 radical (unpaired) electrons. The Kier molecular flexibility index (Phi) is 4.67. The molecule has 12 heavy (non-hydrogen) atoms. The first-order valence-corrected chi connectivity index (χ1v) is 3.77. The molecular weight excluding hydrogens is 158 g/mol. The van der Waals surface area contributed by atoms with E-state index in [1.807, 2.05) is 13.8 Å². The van der Waals surface area contributed by atoms with Gasteiger partial charge >= 0.3 is 11.8 Å². The summed E-state index contributed by atoms with van der Waals surface area (Å²) in [5.74, 6) is -1.90. The fourth-order valence-corrected chi connectivity index (χ4v) is 0.593. The number of primary amides is 1. The van der Waals surface area contributed by atoms with Crippen LogP contribution in [0.2, 0.25) is 0 Å². The molecule has 3 N–H and O–H groups in total. The molecule has 0 aromatic rings. The van der Waals surface area contributed by atoms with Gasteiger partial charge in [-0.15, -0.1) is 0 Å². The third-order valence-corrected chi connectivity index (χ3v) is 1.36. The Morgan fingerprint density at radius 1 is 1.33 bits per heavy atom. The summed E-state index contributed by atoms with van der Waals surface area (Å²) in [4.78, 5) is 20.8. The number of carbonyl (C=O) groups is 2. The number of rotatable bonds is 3. The van der Waals surface area contributed by atoms with Crippen LogP contribution in [0.4, 0.5) is 0 Å². The third kappa shape index (κ3) is 3.70. The van der Waals surface area contributed by atoms with E-state index in [1.54, 1.807) is 0 Å². The first-order valence-electron chi connectivity index (χ1n) is 3.77. The van der Waals surface area contributed by atoms with Gasteiger partial charge in [0, 0.05) is 5.71 Å². The molecule has 0 aromatic carbocycles. The zero-order valence-electron chi connectivity index (χ0n) is 7.26. The molecule has 0 aliphatic heterocycles. The third-order valence-electron chi connectivity index (χ3n) is 1.36. The largest absolute Gasteiger partial charge is 0.361 e. The molecule has 0 aliphatic rings. The number of nitrogens with zero attached hydrogens (tertiary/aromatic N) is 1. The molecule has 0 fully saturated rings. The zero-order chi connectivity index (χ0) is 9.56. The van der Waals surface area contributed by atoms with Crippen LogP contribution in [0.3, 0.4) is 0 Å².